The SMILES string of the molecule is Cc1[nH]c(C=C2C(=O)NN=C2c2cncnc2)c(C)c1CN(C)C. The van der Waals surface area contributed by atoms with E-state index >= 15 is 0 Å². The Morgan fingerprint density at radius 3 is 2.58 bits per heavy atom. The molecule has 7 heteroatoms. The molecule has 7 nitrogen and oxygen atoms in total. The first-order chi connectivity index (χ1) is 11.5. The Hall–Kier alpha value is -2.80. The van der Waals surface area contributed by atoms with Crippen molar-refractivity contribution in [3.05, 3.63) is 52.4 Å². The molecule has 1 aliphatic rings. The predicted molar refractivity (Wildman–Crippen MR) is 92.3 cm³/mol. The van der Waals surface area contributed by atoms with Crippen molar-refractivity contribution in [3.63, 3.8) is 0 Å². The van der Waals surface area contributed by atoms with Gasteiger partial charge in [0.25, 0.3) is 5.91 Å². The zero-order valence-corrected chi connectivity index (χ0v) is 14.2. The van der Waals surface area contributed by atoms with Crippen molar-refractivity contribution in [2.45, 2.75) is 20.4 Å². The van der Waals surface area contributed by atoms with E-state index in [2.05, 4.69) is 37.3 Å². The van der Waals surface area contributed by atoms with E-state index in [1.54, 1.807) is 12.4 Å². The molecule has 1 aliphatic heterocycles. The summed E-state index contributed by atoms with van der Waals surface area (Å²) in [5.41, 5.74) is 8.68. The minimum Gasteiger partial charge on any atom is -0.359 e. The van der Waals surface area contributed by atoms with Crippen LogP contribution in [0.1, 0.15) is 28.1 Å². The summed E-state index contributed by atoms with van der Waals surface area (Å²) >= 11 is 0. The van der Waals surface area contributed by atoms with Crippen LogP contribution in [0.5, 0.6) is 0 Å². The average molecular weight is 324 g/mol. The summed E-state index contributed by atoms with van der Waals surface area (Å²) in [6.07, 6.45) is 6.58. The van der Waals surface area contributed by atoms with Crippen LogP contribution in [0.25, 0.3) is 6.08 Å². The van der Waals surface area contributed by atoms with Gasteiger partial charge in [-0.3, -0.25) is 4.79 Å². The summed E-state index contributed by atoms with van der Waals surface area (Å²) in [6.45, 7) is 4.95. The van der Waals surface area contributed by atoms with E-state index < -0.39 is 0 Å². The van der Waals surface area contributed by atoms with E-state index in [1.807, 2.05) is 27.1 Å². The molecule has 0 saturated carbocycles. The van der Waals surface area contributed by atoms with Crippen LogP contribution < -0.4 is 5.43 Å². The lowest BCUT2D eigenvalue weighted by molar-refractivity contribution is -0.116. The number of aromatic amines is 1. The third kappa shape index (κ3) is 2.98. The lowest BCUT2D eigenvalue weighted by Crippen LogP contribution is -2.14. The van der Waals surface area contributed by atoms with Gasteiger partial charge in [-0.15, -0.1) is 0 Å². The highest BCUT2D eigenvalue weighted by Crippen LogP contribution is 2.23. The molecule has 1 amide bonds. The predicted octanol–water partition coefficient (Wildman–Crippen LogP) is 1.40. The number of amides is 1. The number of rotatable bonds is 4. The molecule has 3 heterocycles. The van der Waals surface area contributed by atoms with Gasteiger partial charge in [0.1, 0.15) is 12.0 Å². The summed E-state index contributed by atoms with van der Waals surface area (Å²) in [5, 5.41) is 4.12. The minimum absolute atomic E-state index is 0.227. The van der Waals surface area contributed by atoms with Crippen LogP contribution in [0.15, 0.2) is 29.4 Å². The zero-order chi connectivity index (χ0) is 17.3. The largest absolute Gasteiger partial charge is 0.359 e. The van der Waals surface area contributed by atoms with Gasteiger partial charge >= 0.3 is 0 Å². The van der Waals surface area contributed by atoms with Crippen molar-refractivity contribution in [1.82, 2.24) is 25.3 Å². The van der Waals surface area contributed by atoms with E-state index in [1.165, 1.54) is 11.9 Å². The van der Waals surface area contributed by atoms with Crippen LogP contribution in [0.4, 0.5) is 0 Å². The average Bonchev–Trinajstić information content (AvgIpc) is 3.04. The van der Waals surface area contributed by atoms with Crippen molar-refractivity contribution in [3.8, 4) is 0 Å². The van der Waals surface area contributed by atoms with Gasteiger partial charge in [-0.25, -0.2) is 15.4 Å². The number of hydrazone groups is 1. The third-order valence-corrected chi connectivity index (χ3v) is 4.00. The molecule has 0 unspecified atom stereocenters. The van der Waals surface area contributed by atoms with Gasteiger partial charge in [0.15, 0.2) is 0 Å². The first-order valence-electron chi connectivity index (χ1n) is 7.65. The minimum atomic E-state index is -0.227. The van der Waals surface area contributed by atoms with Crippen LogP contribution in [-0.2, 0) is 11.3 Å². The molecule has 0 aromatic carbocycles. The first kappa shape index (κ1) is 16.1. The van der Waals surface area contributed by atoms with E-state index in [-0.39, 0.29) is 5.91 Å². The molecule has 124 valence electrons. The standard InChI is InChI=1S/C17H20N6O/c1-10-14(8-23(3)4)11(2)20-15(10)5-13-16(21-22-17(13)24)12-6-18-9-19-7-12/h5-7,9,20H,8H2,1-4H3,(H,22,24). The molecule has 0 aliphatic carbocycles. The smallest absolute Gasteiger partial charge is 0.273 e. The molecule has 3 rings (SSSR count). The van der Waals surface area contributed by atoms with Gasteiger partial charge in [0, 0.05) is 35.9 Å². The number of hydrogen-bond donors (Lipinski definition) is 2. The van der Waals surface area contributed by atoms with Crippen LogP contribution in [0, 0.1) is 13.8 Å². The number of nitrogens with one attached hydrogen (secondary N) is 2. The number of carbonyl (C=O) groups is 1. The van der Waals surface area contributed by atoms with Gasteiger partial charge < -0.3 is 9.88 Å². The Balaban J connectivity index is 2.01. The molecule has 0 spiro atoms. The molecular formula is C17H20N6O. The number of H-pyrrole nitrogens is 1. The second-order valence-corrected chi connectivity index (χ2v) is 6.09. The highest BCUT2D eigenvalue weighted by Gasteiger charge is 2.25. The van der Waals surface area contributed by atoms with E-state index in [4.69, 9.17) is 0 Å². The second-order valence-electron chi connectivity index (χ2n) is 6.09. The van der Waals surface area contributed by atoms with Crippen LogP contribution >= 0.6 is 0 Å². The highest BCUT2D eigenvalue weighted by atomic mass is 16.2. The van der Waals surface area contributed by atoms with Crippen LogP contribution in [-0.4, -0.2) is 45.6 Å². The molecule has 0 atom stereocenters. The number of carbonyl (C=O) groups excluding carboxylic acids is 1. The molecule has 0 fully saturated rings. The number of aromatic nitrogens is 3. The molecule has 0 saturated heterocycles. The van der Waals surface area contributed by atoms with Crippen LogP contribution in [0.2, 0.25) is 0 Å². The fourth-order valence-electron chi connectivity index (χ4n) is 2.77. The van der Waals surface area contributed by atoms with Crippen molar-refractivity contribution < 1.29 is 4.79 Å². The lowest BCUT2D eigenvalue weighted by Gasteiger charge is -2.10. The Labute approximate surface area is 140 Å². The maximum absolute atomic E-state index is 12.2. The Morgan fingerprint density at radius 2 is 1.92 bits per heavy atom. The summed E-state index contributed by atoms with van der Waals surface area (Å²) in [7, 11) is 4.07. The molecule has 24 heavy (non-hydrogen) atoms. The van der Waals surface area contributed by atoms with Gasteiger partial charge in [-0.05, 0) is 45.1 Å². The van der Waals surface area contributed by atoms with Gasteiger partial charge in [-0.2, -0.15) is 5.10 Å². The highest BCUT2D eigenvalue weighted by molar-refractivity contribution is 6.33. The van der Waals surface area contributed by atoms with Crippen molar-refractivity contribution >= 4 is 17.7 Å². The zero-order valence-electron chi connectivity index (χ0n) is 14.2. The second kappa shape index (κ2) is 6.37. The first-order valence-corrected chi connectivity index (χ1v) is 7.65. The molecule has 2 aromatic rings. The Bertz CT molecular complexity index is 832. The third-order valence-electron chi connectivity index (χ3n) is 4.00. The normalized spacial score (nSPS) is 16.0. The fraction of sp³-hybridized carbons (Fsp3) is 0.294. The van der Waals surface area contributed by atoms with E-state index in [0.717, 1.165) is 23.5 Å². The molecule has 2 N–H and O–H groups in total. The van der Waals surface area contributed by atoms with E-state index in [9.17, 15) is 4.79 Å². The lowest BCUT2D eigenvalue weighted by atomic mass is 10.0. The number of nitrogens with zero attached hydrogens (tertiary/aromatic N) is 4. The fourth-order valence-corrected chi connectivity index (χ4v) is 2.77. The van der Waals surface area contributed by atoms with Gasteiger partial charge in [-0.1, -0.05) is 0 Å². The summed E-state index contributed by atoms with van der Waals surface area (Å²) in [5.74, 6) is -0.227. The maximum atomic E-state index is 12.2. The quantitative estimate of drug-likeness (QED) is 0.833. The molecular weight excluding hydrogens is 304 g/mol. The Kier molecular flexibility index (Phi) is 4.26. The summed E-state index contributed by atoms with van der Waals surface area (Å²) in [4.78, 5) is 25.7. The van der Waals surface area contributed by atoms with Gasteiger partial charge in [0.2, 0.25) is 0 Å². The van der Waals surface area contributed by atoms with Gasteiger partial charge in [0.05, 0.1) is 5.57 Å². The summed E-state index contributed by atoms with van der Waals surface area (Å²) in [6, 6.07) is 0. The molecule has 0 bridgehead atoms. The van der Waals surface area contributed by atoms with Crippen molar-refractivity contribution in [1.29, 1.82) is 0 Å². The Morgan fingerprint density at radius 1 is 1.21 bits per heavy atom. The number of hydrogen-bond acceptors (Lipinski definition) is 5. The topological polar surface area (TPSA) is 86.3 Å². The van der Waals surface area contributed by atoms with Crippen LogP contribution in [0.3, 0.4) is 0 Å². The summed E-state index contributed by atoms with van der Waals surface area (Å²) < 4.78 is 0. The van der Waals surface area contributed by atoms with E-state index in [0.29, 0.717) is 16.8 Å². The maximum Gasteiger partial charge on any atom is 0.273 e. The van der Waals surface area contributed by atoms with Crippen molar-refractivity contribution in [2.24, 2.45) is 5.10 Å². The molecule has 2 aromatic heterocycles. The van der Waals surface area contributed by atoms with Crippen molar-refractivity contribution in [2.75, 3.05) is 14.1 Å². The molecule has 0 radical (unpaired) electrons. The number of aryl methyl sites for hydroxylation is 1. The monoisotopic (exact) mass is 324 g/mol.